The summed E-state index contributed by atoms with van der Waals surface area (Å²) < 4.78 is 62.4. The van der Waals surface area contributed by atoms with Gasteiger partial charge in [-0.25, -0.2) is 0 Å². The van der Waals surface area contributed by atoms with E-state index in [1.807, 2.05) is 0 Å². The molecule has 22 rings (SSSR count). The van der Waals surface area contributed by atoms with E-state index in [9.17, 15) is 91.9 Å². The molecule has 22 saturated heterocycles. The molecule has 12 bridgehead atoms. The molecule has 0 radical (unpaired) electrons. The molecule has 22 fully saturated rings. The molecular weight excluding hydrogens is 896 g/mol. The molecule has 29 nitrogen and oxygen atoms in total. The van der Waals surface area contributed by atoms with Crippen LogP contribution in [0.1, 0.15) is 6.42 Å². The lowest BCUT2D eigenvalue weighted by Gasteiger charge is -2.52. The van der Waals surface area contributed by atoms with Gasteiger partial charge in [0.1, 0.15) is 116 Å². The third-order valence-electron chi connectivity index (χ3n) is 12.9. The van der Waals surface area contributed by atoms with Gasteiger partial charge in [0.2, 0.25) is 0 Å². The molecule has 0 saturated carbocycles. The van der Waals surface area contributed by atoms with Gasteiger partial charge in [-0.1, -0.05) is 0 Å². The van der Waals surface area contributed by atoms with Crippen LogP contribution < -0.4 is 0 Å². The van der Waals surface area contributed by atoms with Gasteiger partial charge in [-0.2, -0.15) is 0 Å². The van der Waals surface area contributed by atoms with Crippen molar-refractivity contribution in [2.24, 2.45) is 5.92 Å². The molecule has 378 valence electrons. The summed E-state index contributed by atoms with van der Waals surface area (Å²) in [6, 6.07) is 0. The van der Waals surface area contributed by atoms with Crippen molar-refractivity contribution in [2.75, 3.05) is 39.6 Å². The largest absolute Gasteiger partial charge is 0.394 e. The molecule has 0 aromatic rings. The molecule has 0 aliphatic carbocycles. The van der Waals surface area contributed by atoms with E-state index in [4.69, 9.17) is 52.1 Å². The Labute approximate surface area is 367 Å². The zero-order valence-electron chi connectivity index (χ0n) is 34.2. The fourth-order valence-electron chi connectivity index (χ4n) is 9.42. The predicted octanol–water partition coefficient (Wildman–Crippen LogP) is -12.4. The SMILES string of the molecule is OCC1O[C@@H]2O[C@@H]3C(CO)O[C@@H](O[C@@H]4C(CO)O[C@H](C(O)C4O)[C@@H]4C(CO)O[C@H](O[C@H]5C(O)C[C@@](O)(OC5CO)O[C@@H]5C(CO)O[C@H](O[C@H]1C(O)C2O)C(O)C5O)C(O)C4O)C(O)C3O. The molecule has 0 amide bonds. The van der Waals surface area contributed by atoms with Gasteiger partial charge in [0.15, 0.2) is 25.2 Å². The van der Waals surface area contributed by atoms with Gasteiger partial charge in [-0.3, -0.25) is 0 Å². The predicted molar refractivity (Wildman–Crippen MR) is 194 cm³/mol. The van der Waals surface area contributed by atoms with Crippen LogP contribution >= 0.6 is 0 Å². The standard InChI is InChI=1S/C36H60O29/c37-2-9-15-16(44)22(50)32(56-9)60-26-8(43)1-36(54,64-14(26)7-42)65-30-13(6-41)59-35(25(53)21(30)49)63-29-12(5-40)58-34(24(52)20(29)48)62-28-11(4-39)57-33(23(51)19(28)47)61-27-10(3-38)55-31(15)18(46)17(27)45/h8-35,37-54H,1-7H2/t8?,9?,10?,11?,12?,13?,14?,15-,16?,17?,18?,19?,20?,21?,22?,23?,24?,25?,26+,27-,28-,29-,30-,31+,32-,33+,34-,35-,36-/m1/s1. The Bertz CT molecular complexity index is 1510. The molecule has 0 aromatic carbocycles. The van der Waals surface area contributed by atoms with Gasteiger partial charge in [-0.05, 0) is 0 Å². The van der Waals surface area contributed by atoms with Crippen molar-refractivity contribution in [2.45, 2.75) is 178 Å². The second-order valence-corrected chi connectivity index (χ2v) is 17.0. The number of aliphatic hydroxyl groups is 18. The maximum atomic E-state index is 11.4. The van der Waals surface area contributed by atoms with E-state index in [0.29, 0.717) is 0 Å². The van der Waals surface area contributed by atoms with E-state index >= 15 is 0 Å². The van der Waals surface area contributed by atoms with Crippen LogP contribution in [0.5, 0.6) is 0 Å². The minimum atomic E-state index is -2.97. The highest BCUT2D eigenvalue weighted by Gasteiger charge is 2.60. The van der Waals surface area contributed by atoms with Crippen LogP contribution in [0.25, 0.3) is 0 Å². The molecule has 0 aromatic heterocycles. The van der Waals surface area contributed by atoms with Crippen molar-refractivity contribution in [3.8, 4) is 0 Å². The van der Waals surface area contributed by atoms with Gasteiger partial charge >= 0.3 is 0 Å². The Hall–Kier alpha value is -1.16. The van der Waals surface area contributed by atoms with Crippen molar-refractivity contribution in [1.29, 1.82) is 0 Å². The number of rotatable bonds is 6. The monoisotopic (exact) mass is 956 g/mol. The van der Waals surface area contributed by atoms with Gasteiger partial charge in [-0.15, -0.1) is 0 Å². The molecule has 29 heteroatoms. The van der Waals surface area contributed by atoms with Crippen LogP contribution in [0.4, 0.5) is 0 Å². The van der Waals surface area contributed by atoms with Gasteiger partial charge in [0.05, 0.1) is 70.5 Å². The summed E-state index contributed by atoms with van der Waals surface area (Å²) in [4.78, 5) is 0. The van der Waals surface area contributed by atoms with Crippen molar-refractivity contribution in [3.05, 3.63) is 0 Å². The van der Waals surface area contributed by atoms with Crippen molar-refractivity contribution in [1.82, 2.24) is 0 Å². The van der Waals surface area contributed by atoms with Crippen LogP contribution in [0.2, 0.25) is 0 Å². The molecule has 22 aliphatic rings. The number of ether oxygens (including phenoxy) is 11. The lowest BCUT2D eigenvalue weighted by molar-refractivity contribution is -0.456. The molecule has 17 unspecified atom stereocenters. The summed E-state index contributed by atoms with van der Waals surface area (Å²) >= 11 is 0. The summed E-state index contributed by atoms with van der Waals surface area (Å²) in [5.41, 5.74) is 0. The van der Waals surface area contributed by atoms with Gasteiger partial charge in [0.25, 0.3) is 5.97 Å². The first-order chi connectivity index (χ1) is 30.8. The van der Waals surface area contributed by atoms with E-state index < -0.39 is 224 Å². The van der Waals surface area contributed by atoms with Gasteiger partial charge in [0, 0.05) is 5.92 Å². The quantitative estimate of drug-likeness (QED) is 0.118. The first-order valence-corrected chi connectivity index (χ1v) is 21.0. The fraction of sp³-hybridized carbons (Fsp3) is 1.00. The zero-order valence-corrected chi connectivity index (χ0v) is 34.2. The van der Waals surface area contributed by atoms with E-state index in [1.54, 1.807) is 0 Å². The fourth-order valence-corrected chi connectivity index (χ4v) is 9.42. The molecule has 22 heterocycles. The maximum Gasteiger partial charge on any atom is 0.283 e. The highest BCUT2D eigenvalue weighted by Crippen LogP contribution is 2.41. The van der Waals surface area contributed by atoms with E-state index in [0.717, 1.165) is 0 Å². The summed E-state index contributed by atoms with van der Waals surface area (Å²) in [6.07, 6.45) is -53.1. The maximum absolute atomic E-state index is 11.4. The Morgan fingerprint density at radius 1 is 0.308 bits per heavy atom. The van der Waals surface area contributed by atoms with Crippen LogP contribution in [-0.2, 0) is 52.1 Å². The average Bonchev–Trinajstić information content (AvgIpc) is 3.28. The zero-order chi connectivity index (χ0) is 47.4. The molecular formula is C36H60O29. The van der Waals surface area contributed by atoms with Crippen molar-refractivity contribution in [3.63, 3.8) is 0 Å². The highest BCUT2D eigenvalue weighted by atomic mass is 16.8. The first-order valence-electron chi connectivity index (χ1n) is 21.0. The van der Waals surface area contributed by atoms with E-state index in [1.165, 1.54) is 0 Å². The van der Waals surface area contributed by atoms with E-state index in [-0.39, 0.29) is 0 Å². The Balaban J connectivity index is 1.21. The minimum absolute atomic E-state index is 0.973. The summed E-state index contributed by atoms with van der Waals surface area (Å²) in [6.45, 7) is -6.05. The highest BCUT2D eigenvalue weighted by molar-refractivity contribution is 5.04. The second-order valence-electron chi connectivity index (χ2n) is 17.0. The normalized spacial score (nSPS) is 55.8. The van der Waals surface area contributed by atoms with E-state index in [2.05, 4.69) is 0 Å². The minimum Gasteiger partial charge on any atom is -0.394 e. The van der Waals surface area contributed by atoms with Crippen LogP contribution in [0.3, 0.4) is 0 Å². The van der Waals surface area contributed by atoms with Crippen LogP contribution in [0, 0.1) is 5.92 Å². The Morgan fingerprint density at radius 2 is 0.631 bits per heavy atom. The Kier molecular flexibility index (Phi) is 16.7. The smallest absolute Gasteiger partial charge is 0.283 e. The van der Waals surface area contributed by atoms with Crippen LogP contribution in [-0.4, -0.2) is 303 Å². The summed E-state index contributed by atoms with van der Waals surface area (Å²) in [5.74, 6) is -4.60. The Morgan fingerprint density at radius 3 is 1.06 bits per heavy atom. The molecule has 29 atom stereocenters. The first kappa shape index (κ1) is 51.7. The molecule has 18 N–H and O–H groups in total. The third-order valence-corrected chi connectivity index (χ3v) is 12.9. The summed E-state index contributed by atoms with van der Waals surface area (Å²) in [5, 5.41) is 197. The second kappa shape index (κ2) is 21.1. The molecule has 65 heavy (non-hydrogen) atoms. The lowest BCUT2D eigenvalue weighted by Crippen LogP contribution is -2.69. The van der Waals surface area contributed by atoms with Crippen molar-refractivity contribution < 1.29 is 144 Å². The summed E-state index contributed by atoms with van der Waals surface area (Å²) in [7, 11) is 0. The van der Waals surface area contributed by atoms with Gasteiger partial charge < -0.3 is 144 Å². The number of aliphatic hydroxyl groups excluding tert-OH is 17. The third kappa shape index (κ3) is 9.83. The topological polar surface area (TPSA) is 466 Å². The molecule has 22 aliphatic heterocycles. The average molecular weight is 957 g/mol. The lowest BCUT2D eigenvalue weighted by atomic mass is 9.78. The molecule has 0 spiro atoms. The van der Waals surface area contributed by atoms with Crippen LogP contribution in [0.15, 0.2) is 0 Å². The number of hydrogen-bond acceptors (Lipinski definition) is 29. The number of hydrogen-bond donors (Lipinski definition) is 18. The van der Waals surface area contributed by atoms with Crippen molar-refractivity contribution >= 4 is 0 Å².